The number of anilines is 2. The molecule has 0 aromatic carbocycles. The normalized spacial score (nSPS) is 12.6. The molecule has 0 aliphatic carbocycles. The number of nitrogen functional groups attached to an aromatic ring is 1. The molecule has 0 saturated heterocycles. The first-order valence-corrected chi connectivity index (χ1v) is 5.14. The number of rotatable bonds is 3. The van der Waals surface area contributed by atoms with Gasteiger partial charge in [-0.3, -0.25) is 0 Å². The Bertz CT molecular complexity index is 434. The highest BCUT2D eigenvalue weighted by molar-refractivity contribution is 5.45. The lowest BCUT2D eigenvalue weighted by Crippen LogP contribution is -2.45. The van der Waals surface area contributed by atoms with Crippen LogP contribution in [0.2, 0.25) is 0 Å². The van der Waals surface area contributed by atoms with E-state index in [0.717, 1.165) is 6.07 Å². The second-order valence-corrected chi connectivity index (χ2v) is 4.50. The van der Waals surface area contributed by atoms with E-state index in [1.165, 1.54) is 11.9 Å². The number of hydrogen-bond acceptors (Lipinski definition) is 5. The number of aromatic nitrogens is 2. The minimum absolute atomic E-state index is 0.00822. The van der Waals surface area contributed by atoms with Gasteiger partial charge in [-0.1, -0.05) is 0 Å². The van der Waals surface area contributed by atoms with Gasteiger partial charge in [-0.05, 0) is 13.8 Å². The summed E-state index contributed by atoms with van der Waals surface area (Å²) in [7, 11) is 1.53. The molecular weight excluding hydrogens is 249 g/mol. The van der Waals surface area contributed by atoms with E-state index < -0.39 is 23.4 Å². The Kier molecular flexibility index (Phi) is 3.70. The number of aliphatic hydroxyl groups is 1. The van der Waals surface area contributed by atoms with Crippen LogP contribution >= 0.6 is 0 Å². The first-order chi connectivity index (χ1) is 8.08. The van der Waals surface area contributed by atoms with E-state index in [-0.39, 0.29) is 12.4 Å². The van der Waals surface area contributed by atoms with Crippen LogP contribution in [0, 0.1) is 0 Å². The molecule has 0 bridgehead atoms. The van der Waals surface area contributed by atoms with Crippen molar-refractivity contribution in [3.63, 3.8) is 0 Å². The van der Waals surface area contributed by atoms with Crippen molar-refractivity contribution in [2.45, 2.75) is 25.6 Å². The highest BCUT2D eigenvalue weighted by Crippen LogP contribution is 2.31. The lowest BCUT2D eigenvalue weighted by molar-refractivity contribution is -0.141. The van der Waals surface area contributed by atoms with Crippen molar-refractivity contribution < 1.29 is 18.3 Å². The second kappa shape index (κ2) is 4.60. The molecule has 0 unspecified atom stereocenters. The summed E-state index contributed by atoms with van der Waals surface area (Å²) in [6.45, 7) is 3.09. The van der Waals surface area contributed by atoms with E-state index >= 15 is 0 Å². The molecule has 1 heterocycles. The van der Waals surface area contributed by atoms with E-state index in [0.29, 0.717) is 0 Å². The molecule has 0 amide bonds. The van der Waals surface area contributed by atoms with E-state index in [1.807, 2.05) is 0 Å². The zero-order chi connectivity index (χ0) is 14.1. The van der Waals surface area contributed by atoms with Gasteiger partial charge < -0.3 is 15.7 Å². The molecule has 3 N–H and O–H groups in total. The van der Waals surface area contributed by atoms with Crippen molar-refractivity contribution in [2.24, 2.45) is 0 Å². The number of halogens is 3. The Labute approximate surface area is 102 Å². The molecule has 0 aliphatic rings. The number of hydrogen-bond donors (Lipinski definition) is 2. The van der Waals surface area contributed by atoms with Crippen LogP contribution in [0.25, 0.3) is 0 Å². The summed E-state index contributed by atoms with van der Waals surface area (Å²) in [5.41, 5.74) is 3.40. The van der Waals surface area contributed by atoms with Crippen molar-refractivity contribution in [2.75, 3.05) is 24.3 Å². The zero-order valence-corrected chi connectivity index (χ0v) is 10.3. The first kappa shape index (κ1) is 14.5. The Balaban J connectivity index is 3.23. The molecule has 1 rings (SSSR count). The van der Waals surface area contributed by atoms with Crippen molar-refractivity contribution >= 4 is 11.8 Å². The van der Waals surface area contributed by atoms with Crippen LogP contribution in [-0.4, -0.2) is 34.3 Å². The molecule has 8 heteroatoms. The molecule has 1 aromatic heterocycles. The van der Waals surface area contributed by atoms with Gasteiger partial charge in [-0.25, -0.2) is 4.98 Å². The van der Waals surface area contributed by atoms with E-state index in [9.17, 15) is 18.3 Å². The monoisotopic (exact) mass is 264 g/mol. The van der Waals surface area contributed by atoms with Gasteiger partial charge in [0, 0.05) is 13.1 Å². The summed E-state index contributed by atoms with van der Waals surface area (Å²) in [5, 5.41) is 9.19. The smallest absolute Gasteiger partial charge is 0.394 e. The molecule has 0 atom stereocenters. The number of nitrogens with zero attached hydrogens (tertiary/aromatic N) is 3. The predicted octanol–water partition coefficient (Wildman–Crippen LogP) is 1.28. The molecular formula is C10H15F3N4O. The third kappa shape index (κ3) is 3.00. The Morgan fingerprint density at radius 2 is 1.89 bits per heavy atom. The average molecular weight is 264 g/mol. The molecule has 5 nitrogen and oxygen atoms in total. The molecule has 0 aliphatic heterocycles. The van der Waals surface area contributed by atoms with E-state index in [2.05, 4.69) is 9.97 Å². The van der Waals surface area contributed by atoms with Crippen LogP contribution in [0.1, 0.15) is 19.5 Å². The SMILES string of the molecule is CN(c1cc(C(F)(F)F)nc(N)n1)C(C)(C)CO. The van der Waals surface area contributed by atoms with Crippen LogP contribution in [0.3, 0.4) is 0 Å². The van der Waals surface area contributed by atoms with Gasteiger partial charge in [0.25, 0.3) is 0 Å². The number of nitrogens with two attached hydrogens (primary N) is 1. The van der Waals surface area contributed by atoms with Crippen LogP contribution in [0.15, 0.2) is 6.07 Å². The fourth-order valence-corrected chi connectivity index (χ4v) is 1.19. The maximum Gasteiger partial charge on any atom is 0.433 e. The predicted molar refractivity (Wildman–Crippen MR) is 61.0 cm³/mol. The Hall–Kier alpha value is -1.57. The summed E-state index contributed by atoms with van der Waals surface area (Å²) in [6, 6.07) is 0.799. The summed E-state index contributed by atoms with van der Waals surface area (Å²) >= 11 is 0. The topological polar surface area (TPSA) is 75.3 Å². The fraction of sp³-hybridized carbons (Fsp3) is 0.600. The number of alkyl halides is 3. The van der Waals surface area contributed by atoms with Gasteiger partial charge in [0.2, 0.25) is 5.95 Å². The van der Waals surface area contributed by atoms with Crippen molar-refractivity contribution in [3.05, 3.63) is 11.8 Å². The van der Waals surface area contributed by atoms with Gasteiger partial charge in [-0.2, -0.15) is 18.2 Å². The van der Waals surface area contributed by atoms with E-state index in [1.54, 1.807) is 13.8 Å². The van der Waals surface area contributed by atoms with Crippen molar-refractivity contribution in [1.29, 1.82) is 0 Å². The fourth-order valence-electron chi connectivity index (χ4n) is 1.19. The Morgan fingerprint density at radius 3 is 2.33 bits per heavy atom. The summed E-state index contributed by atoms with van der Waals surface area (Å²) < 4.78 is 37.7. The van der Waals surface area contributed by atoms with Crippen LogP contribution in [-0.2, 0) is 6.18 Å². The minimum Gasteiger partial charge on any atom is -0.394 e. The quantitative estimate of drug-likeness (QED) is 0.860. The van der Waals surface area contributed by atoms with Crippen LogP contribution in [0.4, 0.5) is 24.9 Å². The van der Waals surface area contributed by atoms with Gasteiger partial charge in [0.15, 0.2) is 5.69 Å². The molecule has 0 saturated carbocycles. The van der Waals surface area contributed by atoms with Gasteiger partial charge in [0.1, 0.15) is 5.82 Å². The zero-order valence-electron chi connectivity index (χ0n) is 10.3. The lowest BCUT2D eigenvalue weighted by atomic mass is 10.1. The van der Waals surface area contributed by atoms with Crippen molar-refractivity contribution in [3.8, 4) is 0 Å². The maximum atomic E-state index is 12.6. The average Bonchev–Trinajstić information content (AvgIpc) is 2.26. The van der Waals surface area contributed by atoms with Crippen LogP contribution < -0.4 is 10.6 Å². The number of aliphatic hydroxyl groups excluding tert-OH is 1. The largest absolute Gasteiger partial charge is 0.433 e. The summed E-state index contributed by atoms with van der Waals surface area (Å²) in [6.07, 6.45) is -4.59. The third-order valence-corrected chi connectivity index (χ3v) is 2.66. The Morgan fingerprint density at radius 1 is 1.33 bits per heavy atom. The molecule has 0 radical (unpaired) electrons. The van der Waals surface area contributed by atoms with Crippen molar-refractivity contribution in [1.82, 2.24) is 9.97 Å². The minimum atomic E-state index is -4.59. The van der Waals surface area contributed by atoms with Gasteiger partial charge in [-0.15, -0.1) is 0 Å². The molecule has 0 spiro atoms. The molecule has 102 valence electrons. The first-order valence-electron chi connectivity index (χ1n) is 5.14. The highest BCUT2D eigenvalue weighted by Gasteiger charge is 2.35. The van der Waals surface area contributed by atoms with Crippen LogP contribution in [0.5, 0.6) is 0 Å². The maximum absolute atomic E-state index is 12.6. The molecule has 18 heavy (non-hydrogen) atoms. The third-order valence-electron chi connectivity index (χ3n) is 2.66. The second-order valence-electron chi connectivity index (χ2n) is 4.50. The van der Waals surface area contributed by atoms with Gasteiger partial charge >= 0.3 is 6.18 Å². The highest BCUT2D eigenvalue weighted by atomic mass is 19.4. The summed E-state index contributed by atoms with van der Waals surface area (Å²) in [4.78, 5) is 8.31. The van der Waals surface area contributed by atoms with Gasteiger partial charge in [0.05, 0.1) is 12.1 Å². The standard InChI is InChI=1S/C10H15F3N4O/c1-9(2,5-18)17(3)7-4-6(10(11,12)13)15-8(14)16-7/h4,18H,5H2,1-3H3,(H2,14,15,16). The molecule has 1 aromatic rings. The van der Waals surface area contributed by atoms with E-state index in [4.69, 9.17) is 5.73 Å². The number of likely N-dealkylation sites (N-methyl/N-ethyl adjacent to an activating group) is 1. The molecule has 0 fully saturated rings. The summed E-state index contributed by atoms with van der Waals surface area (Å²) in [5.74, 6) is -0.450. The lowest BCUT2D eigenvalue weighted by Gasteiger charge is -2.35.